The Hall–Kier alpha value is -1.56. The fourth-order valence-corrected chi connectivity index (χ4v) is 2.39. The monoisotopic (exact) mass is 323 g/mol. The second-order valence-electron chi connectivity index (χ2n) is 4.69. The molecule has 0 bridgehead atoms. The van der Waals surface area contributed by atoms with Crippen molar-refractivity contribution < 1.29 is 0 Å². The van der Waals surface area contributed by atoms with E-state index in [2.05, 4.69) is 38.9 Å². The summed E-state index contributed by atoms with van der Waals surface area (Å²) in [5.74, 6) is 0.544. The number of nitrogens with two attached hydrogens (primary N) is 1. The molecule has 0 fully saturated rings. The van der Waals surface area contributed by atoms with Crippen LogP contribution in [-0.2, 0) is 6.42 Å². The van der Waals surface area contributed by atoms with Gasteiger partial charge in [-0.05, 0) is 34.5 Å². The SMILES string of the molecule is Cc1cc(Br)cn2cc(CCN=C(N)N(C)C)nc12. The van der Waals surface area contributed by atoms with Crippen molar-refractivity contribution in [2.24, 2.45) is 10.7 Å². The second kappa shape index (κ2) is 5.61. The van der Waals surface area contributed by atoms with Crippen molar-refractivity contribution in [3.8, 4) is 0 Å². The lowest BCUT2D eigenvalue weighted by atomic mass is 10.3. The maximum atomic E-state index is 5.74. The second-order valence-corrected chi connectivity index (χ2v) is 5.60. The van der Waals surface area contributed by atoms with Crippen LogP contribution >= 0.6 is 15.9 Å². The average Bonchev–Trinajstić information content (AvgIpc) is 2.71. The highest BCUT2D eigenvalue weighted by Gasteiger charge is 2.05. The van der Waals surface area contributed by atoms with Crippen molar-refractivity contribution >= 4 is 27.5 Å². The molecule has 6 heteroatoms. The maximum absolute atomic E-state index is 5.74. The Labute approximate surface area is 121 Å². The highest BCUT2D eigenvalue weighted by Crippen LogP contribution is 2.17. The molecule has 0 aliphatic heterocycles. The lowest BCUT2D eigenvalue weighted by Crippen LogP contribution is -2.30. The number of aromatic nitrogens is 2. The molecule has 2 heterocycles. The molecular weight excluding hydrogens is 306 g/mol. The van der Waals surface area contributed by atoms with Crippen molar-refractivity contribution in [1.29, 1.82) is 0 Å². The van der Waals surface area contributed by atoms with E-state index >= 15 is 0 Å². The molecule has 102 valence electrons. The minimum Gasteiger partial charge on any atom is -0.370 e. The van der Waals surface area contributed by atoms with Gasteiger partial charge in [-0.2, -0.15) is 0 Å². The topological polar surface area (TPSA) is 58.9 Å². The van der Waals surface area contributed by atoms with E-state index in [1.54, 1.807) is 4.90 Å². The normalized spacial score (nSPS) is 12.1. The molecule has 0 saturated heterocycles. The fourth-order valence-electron chi connectivity index (χ4n) is 1.82. The predicted molar refractivity (Wildman–Crippen MR) is 81.5 cm³/mol. The van der Waals surface area contributed by atoms with Gasteiger partial charge in [0.05, 0.1) is 5.69 Å². The summed E-state index contributed by atoms with van der Waals surface area (Å²) in [7, 11) is 3.76. The highest BCUT2D eigenvalue weighted by atomic mass is 79.9. The van der Waals surface area contributed by atoms with Gasteiger partial charge in [-0.15, -0.1) is 0 Å². The number of aliphatic imine (C=N–C) groups is 1. The van der Waals surface area contributed by atoms with Gasteiger partial charge >= 0.3 is 0 Å². The van der Waals surface area contributed by atoms with E-state index in [9.17, 15) is 0 Å². The molecule has 0 aliphatic carbocycles. The van der Waals surface area contributed by atoms with Crippen LogP contribution in [0.15, 0.2) is 27.9 Å². The summed E-state index contributed by atoms with van der Waals surface area (Å²) in [5, 5.41) is 0. The number of aryl methyl sites for hydroxylation is 1. The minimum absolute atomic E-state index is 0.544. The van der Waals surface area contributed by atoms with Crippen molar-refractivity contribution in [2.75, 3.05) is 20.6 Å². The summed E-state index contributed by atoms with van der Waals surface area (Å²) >= 11 is 3.49. The summed E-state index contributed by atoms with van der Waals surface area (Å²) in [6.45, 7) is 2.70. The number of halogens is 1. The van der Waals surface area contributed by atoms with Crippen molar-refractivity contribution in [2.45, 2.75) is 13.3 Å². The standard InChI is InChI=1S/C13H18BrN5/c1-9-6-10(14)7-19-8-11(17-12(9)19)4-5-16-13(15)18(2)3/h6-8H,4-5H2,1-3H3,(H2,15,16). The smallest absolute Gasteiger partial charge is 0.190 e. The number of guanidine groups is 1. The molecule has 0 radical (unpaired) electrons. The van der Waals surface area contributed by atoms with E-state index in [1.165, 1.54) is 0 Å². The van der Waals surface area contributed by atoms with Crippen LogP contribution < -0.4 is 5.73 Å². The summed E-state index contributed by atoms with van der Waals surface area (Å²) < 4.78 is 3.09. The Morgan fingerprint density at radius 2 is 2.21 bits per heavy atom. The van der Waals surface area contributed by atoms with Crippen LogP contribution in [0.3, 0.4) is 0 Å². The lowest BCUT2D eigenvalue weighted by molar-refractivity contribution is 0.609. The molecule has 0 atom stereocenters. The third-order valence-corrected chi connectivity index (χ3v) is 3.29. The Morgan fingerprint density at radius 1 is 1.47 bits per heavy atom. The molecule has 0 unspecified atom stereocenters. The zero-order chi connectivity index (χ0) is 14.0. The molecular formula is C13H18BrN5. The van der Waals surface area contributed by atoms with Gasteiger partial charge in [-0.3, -0.25) is 4.99 Å². The molecule has 5 nitrogen and oxygen atoms in total. The van der Waals surface area contributed by atoms with E-state index in [1.807, 2.05) is 30.9 Å². The van der Waals surface area contributed by atoms with Crippen LogP contribution in [0, 0.1) is 6.92 Å². The van der Waals surface area contributed by atoms with Crippen LogP contribution in [0.1, 0.15) is 11.3 Å². The third-order valence-electron chi connectivity index (χ3n) is 2.85. The Bertz CT molecular complexity index is 615. The van der Waals surface area contributed by atoms with E-state index in [-0.39, 0.29) is 0 Å². The number of rotatable bonds is 3. The Balaban J connectivity index is 2.14. The minimum atomic E-state index is 0.544. The molecule has 0 amide bonds. The van der Waals surface area contributed by atoms with Gasteiger partial charge < -0.3 is 15.0 Å². The number of fused-ring (bicyclic) bond motifs is 1. The molecule has 0 aromatic carbocycles. The van der Waals surface area contributed by atoms with Crippen molar-refractivity contribution in [3.05, 3.63) is 34.2 Å². The first kappa shape index (κ1) is 13.9. The van der Waals surface area contributed by atoms with Gasteiger partial charge in [0.15, 0.2) is 5.96 Å². The summed E-state index contributed by atoms with van der Waals surface area (Å²) in [6, 6.07) is 2.06. The lowest BCUT2D eigenvalue weighted by Gasteiger charge is -2.09. The van der Waals surface area contributed by atoms with Crippen LogP contribution in [0.25, 0.3) is 5.65 Å². The van der Waals surface area contributed by atoms with Gasteiger partial charge in [0.1, 0.15) is 5.65 Å². The maximum Gasteiger partial charge on any atom is 0.190 e. The molecule has 0 spiro atoms. The Kier molecular flexibility index (Phi) is 4.09. The zero-order valence-corrected chi connectivity index (χ0v) is 13.0. The average molecular weight is 324 g/mol. The predicted octanol–water partition coefficient (Wildman–Crippen LogP) is 1.82. The van der Waals surface area contributed by atoms with Crippen molar-refractivity contribution in [1.82, 2.24) is 14.3 Å². The van der Waals surface area contributed by atoms with E-state index in [4.69, 9.17) is 5.73 Å². The summed E-state index contributed by atoms with van der Waals surface area (Å²) in [4.78, 5) is 10.7. The van der Waals surface area contributed by atoms with Crippen LogP contribution in [0.5, 0.6) is 0 Å². The molecule has 2 aromatic rings. The van der Waals surface area contributed by atoms with Gasteiger partial charge in [0.2, 0.25) is 0 Å². The number of nitrogens with zero attached hydrogens (tertiary/aromatic N) is 4. The number of hydrogen-bond donors (Lipinski definition) is 1. The van der Waals surface area contributed by atoms with Crippen LogP contribution in [0.2, 0.25) is 0 Å². The molecule has 19 heavy (non-hydrogen) atoms. The van der Waals surface area contributed by atoms with Gasteiger partial charge in [0.25, 0.3) is 0 Å². The first-order valence-electron chi connectivity index (χ1n) is 6.08. The first-order chi connectivity index (χ1) is 8.97. The summed E-state index contributed by atoms with van der Waals surface area (Å²) in [5.41, 5.74) is 8.91. The molecule has 2 rings (SSSR count). The van der Waals surface area contributed by atoms with Crippen LogP contribution in [-0.4, -0.2) is 40.9 Å². The number of pyridine rings is 1. The first-order valence-corrected chi connectivity index (χ1v) is 6.87. The van der Waals surface area contributed by atoms with Gasteiger partial charge in [0, 0.05) is 43.9 Å². The number of imidazole rings is 1. The van der Waals surface area contributed by atoms with Crippen molar-refractivity contribution in [3.63, 3.8) is 0 Å². The number of hydrogen-bond acceptors (Lipinski definition) is 2. The molecule has 0 aliphatic rings. The quantitative estimate of drug-likeness (QED) is 0.692. The van der Waals surface area contributed by atoms with E-state index < -0.39 is 0 Å². The highest BCUT2D eigenvalue weighted by molar-refractivity contribution is 9.10. The molecule has 2 N–H and O–H groups in total. The largest absolute Gasteiger partial charge is 0.370 e. The van der Waals surface area contributed by atoms with Crippen LogP contribution in [0.4, 0.5) is 0 Å². The molecule has 0 saturated carbocycles. The summed E-state index contributed by atoms with van der Waals surface area (Å²) in [6.07, 6.45) is 4.83. The van der Waals surface area contributed by atoms with E-state index in [0.717, 1.165) is 27.8 Å². The third kappa shape index (κ3) is 3.26. The Morgan fingerprint density at radius 3 is 2.89 bits per heavy atom. The van der Waals surface area contributed by atoms with E-state index in [0.29, 0.717) is 12.5 Å². The zero-order valence-electron chi connectivity index (χ0n) is 11.4. The fraction of sp³-hybridized carbons (Fsp3) is 0.385. The van der Waals surface area contributed by atoms with Gasteiger partial charge in [-0.1, -0.05) is 0 Å². The molecule has 2 aromatic heterocycles. The van der Waals surface area contributed by atoms with Gasteiger partial charge in [-0.25, -0.2) is 4.98 Å².